The fraction of sp³-hybridized carbons (Fsp3) is 0.231. The van der Waals surface area contributed by atoms with Gasteiger partial charge in [-0.2, -0.15) is 0 Å². The third kappa shape index (κ3) is 6.97. The molecule has 0 radical (unpaired) electrons. The number of ether oxygens (including phenoxy) is 1. The fourth-order valence-corrected chi connectivity index (χ4v) is 3.31. The van der Waals surface area contributed by atoms with Crippen molar-refractivity contribution in [1.29, 1.82) is 0 Å². The first-order valence-electron chi connectivity index (χ1n) is 11.0. The van der Waals surface area contributed by atoms with Crippen LogP contribution in [0, 0.1) is 11.8 Å². The minimum atomic E-state index is -0.619. The Morgan fingerprint density at radius 3 is 2.38 bits per heavy atom. The van der Waals surface area contributed by atoms with Gasteiger partial charge in [-0.25, -0.2) is 4.68 Å². The van der Waals surface area contributed by atoms with Crippen LogP contribution in [0.25, 0.3) is 0 Å². The van der Waals surface area contributed by atoms with E-state index in [2.05, 4.69) is 61.9 Å². The van der Waals surface area contributed by atoms with Crippen LogP contribution in [-0.4, -0.2) is 43.4 Å². The van der Waals surface area contributed by atoms with Crippen LogP contribution < -0.4 is 10.1 Å². The molecule has 2 N–H and O–H groups in total. The van der Waals surface area contributed by atoms with E-state index in [4.69, 9.17) is 4.74 Å². The number of hydrogen-bond donors (Lipinski definition) is 2. The molecule has 0 bridgehead atoms. The zero-order valence-electron chi connectivity index (χ0n) is 18.9. The number of aromatic nitrogens is 5. The van der Waals surface area contributed by atoms with Gasteiger partial charge in [0.1, 0.15) is 18.7 Å². The number of rotatable bonds is 9. The van der Waals surface area contributed by atoms with Crippen LogP contribution in [0.3, 0.4) is 0 Å². The maximum atomic E-state index is 10.2. The highest BCUT2D eigenvalue weighted by Gasteiger charge is 2.08. The number of aliphatic hydroxyl groups excluding tert-OH is 1. The van der Waals surface area contributed by atoms with Crippen molar-refractivity contribution in [2.24, 2.45) is 0 Å². The number of pyridine rings is 1. The highest BCUT2D eigenvalue weighted by molar-refractivity contribution is 5.43. The molecule has 172 valence electrons. The normalized spacial score (nSPS) is 11.5. The monoisotopic (exact) mass is 454 g/mol. The van der Waals surface area contributed by atoms with Crippen LogP contribution in [0.5, 0.6) is 5.75 Å². The number of nitrogens with one attached hydrogen (secondary N) is 1. The summed E-state index contributed by atoms with van der Waals surface area (Å²) in [5.41, 5.74) is 4.86. The fourth-order valence-electron chi connectivity index (χ4n) is 3.31. The molecule has 0 aliphatic rings. The largest absolute Gasteiger partial charge is 0.489 e. The van der Waals surface area contributed by atoms with Crippen LogP contribution in [-0.2, 0) is 26.1 Å². The maximum absolute atomic E-state index is 10.2. The SMILES string of the molecule is CNCc1ccc(COc2ccc(C#Cc3ccc(CC(O)Cn4cnnn4)nc3)cc2)cc1. The van der Waals surface area contributed by atoms with Crippen molar-refractivity contribution in [1.82, 2.24) is 30.5 Å². The van der Waals surface area contributed by atoms with Gasteiger partial charge in [-0.15, -0.1) is 5.10 Å². The van der Waals surface area contributed by atoms with E-state index in [1.807, 2.05) is 43.4 Å². The highest BCUT2D eigenvalue weighted by Crippen LogP contribution is 2.14. The van der Waals surface area contributed by atoms with E-state index in [0.717, 1.165) is 34.7 Å². The highest BCUT2D eigenvalue weighted by atomic mass is 16.5. The van der Waals surface area contributed by atoms with Gasteiger partial charge in [0.15, 0.2) is 0 Å². The Morgan fingerprint density at radius 2 is 1.71 bits per heavy atom. The van der Waals surface area contributed by atoms with Crippen LogP contribution in [0.15, 0.2) is 73.2 Å². The second-order valence-electron chi connectivity index (χ2n) is 7.84. The van der Waals surface area contributed by atoms with Crippen molar-refractivity contribution < 1.29 is 9.84 Å². The topological polar surface area (TPSA) is 98.0 Å². The van der Waals surface area contributed by atoms with Crippen LogP contribution in [0.2, 0.25) is 0 Å². The van der Waals surface area contributed by atoms with Crippen molar-refractivity contribution in [3.05, 3.63) is 101 Å². The molecule has 4 rings (SSSR count). The van der Waals surface area contributed by atoms with Crippen LogP contribution in [0.4, 0.5) is 0 Å². The summed E-state index contributed by atoms with van der Waals surface area (Å²) in [5, 5.41) is 24.2. The third-order valence-electron chi connectivity index (χ3n) is 5.07. The minimum Gasteiger partial charge on any atom is -0.489 e. The Bertz CT molecular complexity index is 1210. The van der Waals surface area contributed by atoms with Crippen molar-refractivity contribution in [3.63, 3.8) is 0 Å². The Labute approximate surface area is 198 Å². The van der Waals surface area contributed by atoms with E-state index in [1.54, 1.807) is 6.20 Å². The molecule has 0 saturated carbocycles. The number of tetrazole rings is 1. The molecule has 2 heterocycles. The van der Waals surface area contributed by atoms with E-state index in [-0.39, 0.29) is 0 Å². The molecule has 0 aliphatic carbocycles. The molecule has 34 heavy (non-hydrogen) atoms. The number of nitrogens with zero attached hydrogens (tertiary/aromatic N) is 5. The van der Waals surface area contributed by atoms with E-state index in [1.165, 1.54) is 16.6 Å². The van der Waals surface area contributed by atoms with Crippen molar-refractivity contribution in [2.45, 2.75) is 32.2 Å². The maximum Gasteiger partial charge on any atom is 0.138 e. The van der Waals surface area contributed by atoms with Gasteiger partial charge < -0.3 is 15.2 Å². The summed E-state index contributed by atoms with van der Waals surface area (Å²) < 4.78 is 7.37. The first-order chi connectivity index (χ1) is 16.7. The van der Waals surface area contributed by atoms with Gasteiger partial charge >= 0.3 is 0 Å². The molecule has 0 amide bonds. The smallest absolute Gasteiger partial charge is 0.138 e. The summed E-state index contributed by atoms with van der Waals surface area (Å²) in [6.45, 7) is 1.70. The Hall–Kier alpha value is -4.06. The summed E-state index contributed by atoms with van der Waals surface area (Å²) in [5.74, 6) is 7.06. The summed E-state index contributed by atoms with van der Waals surface area (Å²) in [4.78, 5) is 4.40. The first-order valence-corrected chi connectivity index (χ1v) is 11.0. The van der Waals surface area contributed by atoms with Crippen molar-refractivity contribution in [2.75, 3.05) is 7.05 Å². The zero-order chi connectivity index (χ0) is 23.6. The summed E-state index contributed by atoms with van der Waals surface area (Å²) in [6.07, 6.45) is 2.98. The van der Waals surface area contributed by atoms with E-state index >= 15 is 0 Å². The average Bonchev–Trinajstić information content (AvgIpc) is 3.37. The molecule has 2 aromatic carbocycles. The van der Waals surface area contributed by atoms with Crippen LogP contribution in [0.1, 0.15) is 27.9 Å². The standard InChI is InChI=1S/C26H26N6O2/c1-27-15-21-4-6-23(7-5-21)18-34-26-12-9-20(10-13-26)2-3-22-8-11-24(28-16-22)14-25(33)17-32-19-29-30-31-32/h4-13,16,19,25,27,33H,14-15,17-18H2,1H3. The molecule has 0 saturated heterocycles. The Balaban J connectivity index is 1.27. The Kier molecular flexibility index (Phi) is 7.95. The molecule has 1 atom stereocenters. The molecule has 1 unspecified atom stereocenters. The minimum absolute atomic E-state index is 0.318. The number of hydrogen-bond acceptors (Lipinski definition) is 7. The molecule has 2 aromatic heterocycles. The molecule has 0 fully saturated rings. The molecular formula is C26H26N6O2. The summed E-state index contributed by atoms with van der Waals surface area (Å²) in [6, 6.07) is 19.9. The first kappa shape index (κ1) is 23.1. The van der Waals surface area contributed by atoms with E-state index in [0.29, 0.717) is 19.6 Å². The third-order valence-corrected chi connectivity index (χ3v) is 5.07. The second-order valence-corrected chi connectivity index (χ2v) is 7.84. The van der Waals surface area contributed by atoms with Gasteiger partial charge in [-0.05, 0) is 65.0 Å². The van der Waals surface area contributed by atoms with Gasteiger partial charge in [-0.3, -0.25) is 4.98 Å². The molecular weight excluding hydrogens is 428 g/mol. The van der Waals surface area contributed by atoms with E-state index in [9.17, 15) is 5.11 Å². The lowest BCUT2D eigenvalue weighted by atomic mass is 10.1. The van der Waals surface area contributed by atoms with Gasteiger partial charge in [0, 0.05) is 36.0 Å². The average molecular weight is 455 g/mol. The quantitative estimate of drug-likeness (QED) is 0.375. The van der Waals surface area contributed by atoms with Crippen LogP contribution >= 0.6 is 0 Å². The molecule has 0 aliphatic heterocycles. The lowest BCUT2D eigenvalue weighted by molar-refractivity contribution is 0.147. The van der Waals surface area contributed by atoms with E-state index < -0.39 is 6.10 Å². The van der Waals surface area contributed by atoms with Gasteiger partial charge in [-0.1, -0.05) is 36.1 Å². The second kappa shape index (κ2) is 11.7. The lowest BCUT2D eigenvalue weighted by Crippen LogP contribution is -2.19. The van der Waals surface area contributed by atoms with Gasteiger partial charge in [0.25, 0.3) is 0 Å². The van der Waals surface area contributed by atoms with Crippen molar-refractivity contribution >= 4 is 0 Å². The van der Waals surface area contributed by atoms with Gasteiger partial charge in [0.2, 0.25) is 0 Å². The lowest BCUT2D eigenvalue weighted by Gasteiger charge is -2.09. The number of benzene rings is 2. The van der Waals surface area contributed by atoms with Crippen molar-refractivity contribution in [3.8, 4) is 17.6 Å². The molecule has 8 heteroatoms. The zero-order valence-corrected chi connectivity index (χ0v) is 18.9. The summed E-state index contributed by atoms with van der Waals surface area (Å²) in [7, 11) is 1.94. The van der Waals surface area contributed by atoms with Gasteiger partial charge in [0.05, 0.1) is 12.6 Å². The Morgan fingerprint density at radius 1 is 0.971 bits per heavy atom. The molecule has 0 spiro atoms. The predicted molar refractivity (Wildman–Crippen MR) is 128 cm³/mol. The molecule has 4 aromatic rings. The molecule has 8 nitrogen and oxygen atoms in total. The number of aliphatic hydroxyl groups is 1. The predicted octanol–water partition coefficient (Wildman–Crippen LogP) is 2.37. The summed E-state index contributed by atoms with van der Waals surface area (Å²) >= 11 is 0.